The highest BCUT2D eigenvalue weighted by atomic mass is 16.5. The molecule has 4 heteroatoms. The van der Waals surface area contributed by atoms with Crippen LogP contribution in [0.1, 0.15) is 66.9 Å². The van der Waals surface area contributed by atoms with Crippen LogP contribution in [-0.4, -0.2) is 36.5 Å². The summed E-state index contributed by atoms with van der Waals surface area (Å²) in [6.07, 6.45) is 8.21. The molecular formula is C22H31NO3. The molecule has 0 saturated heterocycles. The topological polar surface area (TPSA) is 46.6 Å². The van der Waals surface area contributed by atoms with Gasteiger partial charge in [-0.3, -0.25) is 9.59 Å². The fourth-order valence-corrected chi connectivity index (χ4v) is 3.24. The van der Waals surface area contributed by atoms with Crippen LogP contribution in [-0.2, 0) is 9.53 Å². The van der Waals surface area contributed by atoms with E-state index >= 15 is 0 Å². The molecule has 4 nitrogen and oxygen atoms in total. The number of aryl methyl sites for hydroxylation is 2. The predicted octanol–water partition coefficient (Wildman–Crippen LogP) is 4.59. The van der Waals surface area contributed by atoms with Gasteiger partial charge in [-0.25, -0.2) is 0 Å². The number of allylic oxidation sites excluding steroid dienone is 1. The van der Waals surface area contributed by atoms with Crippen LogP contribution in [0.15, 0.2) is 29.8 Å². The molecule has 1 aliphatic carbocycles. The summed E-state index contributed by atoms with van der Waals surface area (Å²) in [6.45, 7) is 7.27. The highest BCUT2D eigenvalue weighted by Crippen LogP contribution is 2.21. The Hall–Kier alpha value is -2.10. The molecule has 0 aliphatic heterocycles. The highest BCUT2D eigenvalue weighted by Gasteiger charge is 2.18. The van der Waals surface area contributed by atoms with Crippen LogP contribution in [0.4, 0.5) is 0 Å². The van der Waals surface area contributed by atoms with Gasteiger partial charge in [0.1, 0.15) is 0 Å². The normalized spacial score (nSPS) is 13.9. The van der Waals surface area contributed by atoms with Crippen LogP contribution >= 0.6 is 0 Å². The van der Waals surface area contributed by atoms with E-state index in [0.29, 0.717) is 25.3 Å². The van der Waals surface area contributed by atoms with Crippen molar-refractivity contribution in [1.82, 2.24) is 4.90 Å². The standard InChI is InChI=1S/C22H31NO3/c1-4-26-21(24)13-15-23(14-12-19-8-6-5-7-9-19)22(25)20-11-10-17(2)18(3)16-20/h8,10-11,16H,4-7,9,12-15H2,1-3H3. The smallest absolute Gasteiger partial charge is 0.307 e. The Morgan fingerprint density at radius 1 is 1.12 bits per heavy atom. The lowest BCUT2D eigenvalue weighted by Crippen LogP contribution is -2.34. The predicted molar refractivity (Wildman–Crippen MR) is 104 cm³/mol. The molecule has 142 valence electrons. The Balaban J connectivity index is 2.06. The number of amides is 1. The molecule has 0 unspecified atom stereocenters. The van der Waals surface area contributed by atoms with Crippen molar-refractivity contribution in [1.29, 1.82) is 0 Å². The van der Waals surface area contributed by atoms with Gasteiger partial charge in [-0.05, 0) is 76.1 Å². The van der Waals surface area contributed by atoms with Crippen LogP contribution in [0.3, 0.4) is 0 Å². The monoisotopic (exact) mass is 357 g/mol. The number of ether oxygens (including phenoxy) is 1. The van der Waals surface area contributed by atoms with E-state index in [0.717, 1.165) is 24.8 Å². The number of carbonyl (C=O) groups excluding carboxylic acids is 2. The lowest BCUT2D eigenvalue weighted by Gasteiger charge is -2.24. The zero-order chi connectivity index (χ0) is 18.9. The number of rotatable bonds is 8. The number of hydrogen-bond donors (Lipinski definition) is 0. The third kappa shape index (κ3) is 6.01. The summed E-state index contributed by atoms with van der Waals surface area (Å²) in [5, 5.41) is 0. The molecule has 0 bridgehead atoms. The van der Waals surface area contributed by atoms with Gasteiger partial charge in [-0.2, -0.15) is 0 Å². The van der Waals surface area contributed by atoms with Gasteiger partial charge < -0.3 is 9.64 Å². The van der Waals surface area contributed by atoms with Crippen LogP contribution < -0.4 is 0 Å². The van der Waals surface area contributed by atoms with Gasteiger partial charge in [-0.15, -0.1) is 0 Å². The van der Waals surface area contributed by atoms with E-state index in [9.17, 15) is 9.59 Å². The second-order valence-corrected chi connectivity index (χ2v) is 7.00. The van der Waals surface area contributed by atoms with E-state index in [1.807, 2.05) is 32.0 Å². The first-order valence-electron chi connectivity index (χ1n) is 9.71. The van der Waals surface area contributed by atoms with Crippen LogP contribution in [0.5, 0.6) is 0 Å². The van der Waals surface area contributed by atoms with E-state index in [4.69, 9.17) is 4.74 Å². The summed E-state index contributed by atoms with van der Waals surface area (Å²) in [4.78, 5) is 26.5. The zero-order valence-corrected chi connectivity index (χ0v) is 16.3. The van der Waals surface area contributed by atoms with Gasteiger partial charge in [-0.1, -0.05) is 17.7 Å². The molecule has 0 radical (unpaired) electrons. The first-order chi connectivity index (χ1) is 12.5. The Morgan fingerprint density at radius 2 is 1.92 bits per heavy atom. The Bertz CT molecular complexity index is 663. The third-order valence-corrected chi connectivity index (χ3v) is 5.02. The van der Waals surface area contributed by atoms with E-state index in [1.165, 1.54) is 24.0 Å². The fraction of sp³-hybridized carbons (Fsp3) is 0.545. The average Bonchev–Trinajstić information content (AvgIpc) is 2.64. The maximum atomic E-state index is 13.0. The maximum Gasteiger partial charge on any atom is 0.307 e. The first-order valence-corrected chi connectivity index (χ1v) is 9.71. The van der Waals surface area contributed by atoms with Crippen LogP contribution in [0.2, 0.25) is 0 Å². The fourth-order valence-electron chi connectivity index (χ4n) is 3.24. The van der Waals surface area contributed by atoms with Gasteiger partial charge in [0, 0.05) is 18.7 Å². The molecule has 0 saturated carbocycles. The second-order valence-electron chi connectivity index (χ2n) is 7.00. The van der Waals surface area contributed by atoms with Crippen molar-refractivity contribution in [3.63, 3.8) is 0 Å². The minimum atomic E-state index is -0.248. The molecule has 0 heterocycles. The molecule has 0 fully saturated rings. The van der Waals surface area contributed by atoms with E-state index in [1.54, 1.807) is 11.8 Å². The largest absolute Gasteiger partial charge is 0.466 e. The molecular weight excluding hydrogens is 326 g/mol. The van der Waals surface area contributed by atoms with Crippen LogP contribution in [0.25, 0.3) is 0 Å². The molecule has 0 aromatic heterocycles. The summed E-state index contributed by atoms with van der Waals surface area (Å²) in [5.41, 5.74) is 4.41. The molecule has 0 atom stereocenters. The molecule has 1 amide bonds. The highest BCUT2D eigenvalue weighted by molar-refractivity contribution is 5.94. The Morgan fingerprint density at radius 3 is 2.58 bits per heavy atom. The molecule has 0 N–H and O–H groups in total. The lowest BCUT2D eigenvalue weighted by atomic mass is 9.97. The summed E-state index contributed by atoms with van der Waals surface area (Å²) in [5.74, 6) is -0.254. The average molecular weight is 357 g/mol. The summed E-state index contributed by atoms with van der Waals surface area (Å²) >= 11 is 0. The SMILES string of the molecule is CCOC(=O)CCN(CCC1=CCCCC1)C(=O)c1ccc(C)c(C)c1. The summed E-state index contributed by atoms with van der Waals surface area (Å²) < 4.78 is 5.02. The number of nitrogens with zero attached hydrogens (tertiary/aromatic N) is 1. The van der Waals surface area contributed by atoms with Gasteiger partial charge >= 0.3 is 5.97 Å². The van der Waals surface area contributed by atoms with Crippen molar-refractivity contribution in [3.8, 4) is 0 Å². The Labute approximate surface area is 157 Å². The van der Waals surface area contributed by atoms with Crippen molar-refractivity contribution < 1.29 is 14.3 Å². The van der Waals surface area contributed by atoms with Gasteiger partial charge in [0.05, 0.1) is 13.0 Å². The summed E-state index contributed by atoms with van der Waals surface area (Å²) in [7, 11) is 0. The van der Waals surface area contributed by atoms with Crippen molar-refractivity contribution in [2.24, 2.45) is 0 Å². The number of hydrogen-bond acceptors (Lipinski definition) is 3. The quantitative estimate of drug-likeness (QED) is 0.505. The zero-order valence-electron chi connectivity index (χ0n) is 16.3. The van der Waals surface area contributed by atoms with Crippen molar-refractivity contribution in [2.45, 2.75) is 59.3 Å². The lowest BCUT2D eigenvalue weighted by molar-refractivity contribution is -0.143. The Kier molecular flexibility index (Phi) is 7.89. The van der Waals surface area contributed by atoms with E-state index in [-0.39, 0.29) is 18.3 Å². The molecule has 2 rings (SSSR count). The number of esters is 1. The van der Waals surface area contributed by atoms with E-state index < -0.39 is 0 Å². The van der Waals surface area contributed by atoms with E-state index in [2.05, 4.69) is 6.08 Å². The molecule has 1 aliphatic rings. The van der Waals surface area contributed by atoms with Gasteiger partial charge in [0.2, 0.25) is 0 Å². The van der Waals surface area contributed by atoms with Crippen molar-refractivity contribution in [2.75, 3.05) is 19.7 Å². The molecule has 1 aromatic carbocycles. The summed E-state index contributed by atoms with van der Waals surface area (Å²) in [6, 6.07) is 5.80. The first kappa shape index (κ1) is 20.2. The molecule has 0 spiro atoms. The van der Waals surface area contributed by atoms with Crippen molar-refractivity contribution >= 4 is 11.9 Å². The van der Waals surface area contributed by atoms with Gasteiger partial charge in [0.25, 0.3) is 5.91 Å². The number of carbonyl (C=O) groups is 2. The minimum absolute atomic E-state index is 0.00573. The van der Waals surface area contributed by atoms with Crippen molar-refractivity contribution in [3.05, 3.63) is 46.5 Å². The van der Waals surface area contributed by atoms with Gasteiger partial charge in [0.15, 0.2) is 0 Å². The minimum Gasteiger partial charge on any atom is -0.466 e. The maximum absolute atomic E-state index is 13.0. The van der Waals surface area contributed by atoms with Crippen LogP contribution in [0, 0.1) is 13.8 Å². The molecule has 1 aromatic rings. The number of benzene rings is 1. The third-order valence-electron chi connectivity index (χ3n) is 5.02. The molecule has 26 heavy (non-hydrogen) atoms. The second kappa shape index (κ2) is 10.1.